The van der Waals surface area contributed by atoms with Gasteiger partial charge in [0.25, 0.3) is 5.91 Å². The summed E-state index contributed by atoms with van der Waals surface area (Å²) < 4.78 is 6.57. The van der Waals surface area contributed by atoms with E-state index < -0.39 is 37.1 Å². The number of nitrogen functional groups attached to an aromatic ring is 1. The number of aromatic nitrogens is 2. The molecule has 9 nitrogen and oxygen atoms in total. The molecule has 2 heterocycles. The molecule has 1 aromatic heterocycles. The van der Waals surface area contributed by atoms with Crippen molar-refractivity contribution in [2.45, 2.75) is 31.5 Å². The van der Waals surface area contributed by atoms with E-state index >= 15 is 0 Å². The molecule has 0 aromatic carbocycles. The average Bonchev–Trinajstić information content (AvgIpc) is 2.93. The Morgan fingerprint density at radius 2 is 2.25 bits per heavy atom. The standard InChI is InChI=1S/C11H18N4O5/c1-2-13-10(19)6-9(12)15(4-14-6)11-8(18)7(17)5(3-16)20-11/h4-5,7-8,11,16-18H,2-3,12H2,1H3,(H,13,19)/t5-,7-,8-,11-/m1/s1. The van der Waals surface area contributed by atoms with Crippen LogP contribution in [0.1, 0.15) is 23.6 Å². The summed E-state index contributed by atoms with van der Waals surface area (Å²) in [5.41, 5.74) is 5.83. The number of aliphatic hydroxyl groups is 3. The first-order valence-electron chi connectivity index (χ1n) is 6.24. The van der Waals surface area contributed by atoms with Crippen LogP contribution in [-0.4, -0.2) is 62.2 Å². The maximum atomic E-state index is 11.7. The van der Waals surface area contributed by atoms with E-state index in [9.17, 15) is 15.0 Å². The van der Waals surface area contributed by atoms with Crippen molar-refractivity contribution in [3.63, 3.8) is 0 Å². The monoisotopic (exact) mass is 286 g/mol. The van der Waals surface area contributed by atoms with Crippen molar-refractivity contribution in [1.29, 1.82) is 0 Å². The first kappa shape index (κ1) is 14.7. The third-order valence-electron chi connectivity index (χ3n) is 3.18. The van der Waals surface area contributed by atoms with Gasteiger partial charge in [-0.2, -0.15) is 0 Å². The molecule has 1 aliphatic rings. The van der Waals surface area contributed by atoms with Crippen molar-refractivity contribution < 1.29 is 24.9 Å². The molecule has 1 aliphatic heterocycles. The van der Waals surface area contributed by atoms with Crippen LogP contribution in [0.4, 0.5) is 5.82 Å². The Hall–Kier alpha value is -1.68. The molecule has 0 unspecified atom stereocenters. The molecule has 0 radical (unpaired) electrons. The molecule has 0 saturated carbocycles. The second-order valence-electron chi connectivity index (χ2n) is 4.47. The Labute approximate surface area is 115 Å². The van der Waals surface area contributed by atoms with Crippen LogP contribution in [0, 0.1) is 0 Å². The highest BCUT2D eigenvalue weighted by atomic mass is 16.6. The maximum absolute atomic E-state index is 11.7. The summed E-state index contributed by atoms with van der Waals surface area (Å²) in [7, 11) is 0. The minimum absolute atomic E-state index is 0.0181. The molecule has 1 aromatic rings. The fourth-order valence-corrected chi connectivity index (χ4v) is 2.10. The van der Waals surface area contributed by atoms with E-state index in [0.29, 0.717) is 6.54 Å². The minimum Gasteiger partial charge on any atom is -0.394 e. The quantitative estimate of drug-likeness (QED) is 0.423. The lowest BCUT2D eigenvalue weighted by Gasteiger charge is -2.17. The van der Waals surface area contributed by atoms with Crippen LogP contribution in [0.15, 0.2) is 6.33 Å². The van der Waals surface area contributed by atoms with Crippen LogP contribution in [0.2, 0.25) is 0 Å². The summed E-state index contributed by atoms with van der Waals surface area (Å²) in [6, 6.07) is 0. The van der Waals surface area contributed by atoms with Crippen LogP contribution in [-0.2, 0) is 4.74 Å². The summed E-state index contributed by atoms with van der Waals surface area (Å²) in [6.07, 6.45) is -3.17. The third-order valence-corrected chi connectivity index (χ3v) is 3.18. The Morgan fingerprint density at radius 3 is 2.80 bits per heavy atom. The van der Waals surface area contributed by atoms with Crippen LogP contribution >= 0.6 is 0 Å². The summed E-state index contributed by atoms with van der Waals surface area (Å²) in [5, 5.41) is 31.2. The molecule has 1 saturated heterocycles. The maximum Gasteiger partial charge on any atom is 0.273 e. The van der Waals surface area contributed by atoms with E-state index in [0.717, 1.165) is 0 Å². The van der Waals surface area contributed by atoms with Gasteiger partial charge in [-0.3, -0.25) is 9.36 Å². The Balaban J connectivity index is 2.24. The van der Waals surface area contributed by atoms with E-state index in [1.54, 1.807) is 6.92 Å². The largest absolute Gasteiger partial charge is 0.394 e. The highest BCUT2D eigenvalue weighted by molar-refractivity contribution is 5.96. The molecule has 1 fully saturated rings. The molecule has 2 rings (SSSR count). The van der Waals surface area contributed by atoms with Gasteiger partial charge in [0.2, 0.25) is 0 Å². The predicted octanol–water partition coefficient (Wildman–Crippen LogP) is -2.17. The topological polar surface area (TPSA) is 143 Å². The molecule has 112 valence electrons. The number of hydrogen-bond donors (Lipinski definition) is 5. The number of aliphatic hydroxyl groups excluding tert-OH is 3. The number of hydrogen-bond acceptors (Lipinski definition) is 7. The number of nitrogens with one attached hydrogen (secondary N) is 1. The predicted molar refractivity (Wildman–Crippen MR) is 67.7 cm³/mol. The third kappa shape index (κ3) is 2.36. The Morgan fingerprint density at radius 1 is 1.55 bits per heavy atom. The van der Waals surface area contributed by atoms with E-state index in [1.807, 2.05) is 0 Å². The first-order chi connectivity index (χ1) is 9.51. The fraction of sp³-hybridized carbons (Fsp3) is 0.636. The summed E-state index contributed by atoms with van der Waals surface area (Å²) in [4.78, 5) is 15.6. The van der Waals surface area contributed by atoms with Crippen molar-refractivity contribution >= 4 is 11.7 Å². The zero-order valence-electron chi connectivity index (χ0n) is 10.9. The normalized spacial score (nSPS) is 29.6. The molecular formula is C11H18N4O5. The van der Waals surface area contributed by atoms with Gasteiger partial charge < -0.3 is 31.1 Å². The molecule has 0 spiro atoms. The van der Waals surface area contributed by atoms with Gasteiger partial charge in [-0.1, -0.05) is 0 Å². The van der Waals surface area contributed by atoms with Crippen LogP contribution in [0.5, 0.6) is 0 Å². The number of nitrogens with two attached hydrogens (primary N) is 1. The molecule has 1 amide bonds. The smallest absolute Gasteiger partial charge is 0.273 e. The van der Waals surface area contributed by atoms with Gasteiger partial charge in [0.05, 0.1) is 12.9 Å². The molecule has 0 aliphatic carbocycles. The van der Waals surface area contributed by atoms with Crippen molar-refractivity contribution in [1.82, 2.24) is 14.9 Å². The van der Waals surface area contributed by atoms with Gasteiger partial charge in [0, 0.05) is 6.54 Å². The van der Waals surface area contributed by atoms with Gasteiger partial charge in [-0.15, -0.1) is 0 Å². The number of rotatable bonds is 4. The molecule has 4 atom stereocenters. The molecule has 20 heavy (non-hydrogen) atoms. The van der Waals surface area contributed by atoms with E-state index in [1.165, 1.54) is 10.9 Å². The van der Waals surface area contributed by atoms with Crippen molar-refractivity contribution in [2.75, 3.05) is 18.9 Å². The van der Waals surface area contributed by atoms with Crippen LogP contribution < -0.4 is 11.1 Å². The van der Waals surface area contributed by atoms with Gasteiger partial charge >= 0.3 is 0 Å². The molecule has 0 bridgehead atoms. The zero-order chi connectivity index (χ0) is 14.9. The van der Waals surface area contributed by atoms with Crippen molar-refractivity contribution in [3.8, 4) is 0 Å². The van der Waals surface area contributed by atoms with Gasteiger partial charge in [-0.05, 0) is 6.92 Å². The first-order valence-corrected chi connectivity index (χ1v) is 6.24. The number of carbonyl (C=O) groups is 1. The number of imidazole rings is 1. The number of ether oxygens (including phenoxy) is 1. The number of amides is 1. The summed E-state index contributed by atoms with van der Waals surface area (Å²) in [5.74, 6) is -0.415. The Kier molecular flexibility index (Phi) is 4.23. The summed E-state index contributed by atoms with van der Waals surface area (Å²) >= 11 is 0. The highest BCUT2D eigenvalue weighted by Gasteiger charge is 2.44. The summed E-state index contributed by atoms with van der Waals surface area (Å²) in [6.45, 7) is 1.75. The second-order valence-corrected chi connectivity index (χ2v) is 4.47. The lowest BCUT2D eigenvalue weighted by Crippen LogP contribution is -2.33. The second kappa shape index (κ2) is 5.75. The van der Waals surface area contributed by atoms with Gasteiger partial charge in [0.1, 0.15) is 24.1 Å². The highest BCUT2D eigenvalue weighted by Crippen LogP contribution is 2.31. The number of carbonyl (C=O) groups excluding carboxylic acids is 1. The van der Waals surface area contributed by atoms with E-state index in [4.69, 9.17) is 15.6 Å². The van der Waals surface area contributed by atoms with Crippen LogP contribution in [0.25, 0.3) is 0 Å². The molecule has 6 N–H and O–H groups in total. The van der Waals surface area contributed by atoms with Crippen molar-refractivity contribution in [2.24, 2.45) is 0 Å². The average molecular weight is 286 g/mol. The van der Waals surface area contributed by atoms with E-state index in [2.05, 4.69) is 10.3 Å². The van der Waals surface area contributed by atoms with Gasteiger partial charge in [0.15, 0.2) is 11.9 Å². The van der Waals surface area contributed by atoms with Gasteiger partial charge in [-0.25, -0.2) is 4.98 Å². The minimum atomic E-state index is -1.27. The molecule has 9 heteroatoms. The lowest BCUT2D eigenvalue weighted by atomic mass is 10.1. The number of anilines is 1. The number of nitrogens with zero attached hydrogens (tertiary/aromatic N) is 2. The van der Waals surface area contributed by atoms with Crippen LogP contribution in [0.3, 0.4) is 0 Å². The Bertz CT molecular complexity index is 491. The zero-order valence-corrected chi connectivity index (χ0v) is 10.9. The van der Waals surface area contributed by atoms with Crippen molar-refractivity contribution in [3.05, 3.63) is 12.0 Å². The fourth-order valence-electron chi connectivity index (χ4n) is 2.10. The van der Waals surface area contributed by atoms with E-state index in [-0.39, 0.29) is 11.5 Å². The molecular weight excluding hydrogens is 268 g/mol. The lowest BCUT2D eigenvalue weighted by molar-refractivity contribution is -0.0518. The SMILES string of the molecule is CCNC(=O)c1ncn([C@@H]2O[C@H](CO)[C@@H](O)[C@H]2O)c1N.